The molecule has 0 aromatic carbocycles. The molecule has 1 aliphatic carbocycles. The summed E-state index contributed by atoms with van der Waals surface area (Å²) in [7, 11) is 0. The first-order valence-corrected chi connectivity index (χ1v) is 3.55. The van der Waals surface area contributed by atoms with Gasteiger partial charge in [0.1, 0.15) is 0 Å². The minimum Gasteiger partial charge on any atom is -0.411 e. The van der Waals surface area contributed by atoms with Gasteiger partial charge in [-0.05, 0) is 26.7 Å². The molecule has 0 heterocycles. The third-order valence-electron chi connectivity index (χ3n) is 2.28. The van der Waals surface area contributed by atoms with E-state index >= 15 is 0 Å². The predicted molar refractivity (Wildman–Crippen MR) is 41.5 cm³/mol. The van der Waals surface area contributed by atoms with E-state index in [9.17, 15) is 0 Å². The van der Waals surface area contributed by atoms with Gasteiger partial charge in [0.25, 0.3) is 0 Å². The quantitative estimate of drug-likeness (QED) is 0.412. The topological polar surface area (TPSA) is 65.2 Å². The lowest BCUT2D eigenvalue weighted by atomic mass is 9.88. The van der Waals surface area contributed by atoms with Crippen molar-refractivity contribution in [3.8, 4) is 0 Å². The second-order valence-electron chi connectivity index (χ2n) is 3.22. The zero-order valence-corrected chi connectivity index (χ0v) is 6.70. The molecule has 1 saturated carbocycles. The minimum absolute atomic E-state index is 0.372. The van der Waals surface area contributed by atoms with Crippen LogP contribution < -0.4 is 0 Å². The van der Waals surface area contributed by atoms with Crippen LogP contribution in [-0.2, 0) is 0 Å². The number of oxime groups is 2. The molecule has 0 bridgehead atoms. The van der Waals surface area contributed by atoms with E-state index in [0.29, 0.717) is 24.3 Å². The lowest BCUT2D eigenvalue weighted by Gasteiger charge is -2.16. The Kier molecular flexibility index (Phi) is 1.85. The van der Waals surface area contributed by atoms with Crippen molar-refractivity contribution in [1.29, 1.82) is 0 Å². The van der Waals surface area contributed by atoms with Crippen LogP contribution in [0.2, 0.25) is 0 Å². The average molecular weight is 156 g/mol. The Morgan fingerprint density at radius 3 is 1.64 bits per heavy atom. The summed E-state index contributed by atoms with van der Waals surface area (Å²) in [5.41, 5.74) is 0.999. The summed E-state index contributed by atoms with van der Waals surface area (Å²) in [5, 5.41) is 23.5. The molecule has 0 radical (unpaired) electrons. The normalized spacial score (nSPS) is 30.0. The Bertz CT molecular complexity index is 196. The molecule has 4 nitrogen and oxygen atoms in total. The lowest BCUT2D eigenvalue weighted by molar-refractivity contribution is 0.308. The second-order valence-corrected chi connectivity index (χ2v) is 3.22. The van der Waals surface area contributed by atoms with Crippen LogP contribution in [0, 0.1) is 5.41 Å². The molecule has 0 saturated heterocycles. The molecule has 0 amide bonds. The Hall–Kier alpha value is -1.06. The molecule has 1 rings (SSSR count). The fourth-order valence-corrected chi connectivity index (χ4v) is 1.38. The van der Waals surface area contributed by atoms with Gasteiger partial charge in [-0.25, -0.2) is 0 Å². The van der Waals surface area contributed by atoms with Crippen LogP contribution in [0.5, 0.6) is 0 Å². The molecule has 0 atom stereocenters. The van der Waals surface area contributed by atoms with E-state index in [0.717, 1.165) is 0 Å². The van der Waals surface area contributed by atoms with Crippen LogP contribution in [0.3, 0.4) is 0 Å². The third kappa shape index (κ3) is 1.08. The third-order valence-corrected chi connectivity index (χ3v) is 2.28. The summed E-state index contributed by atoms with van der Waals surface area (Å²) in [6, 6.07) is 0. The number of nitrogens with zero attached hydrogens (tertiary/aromatic N) is 2. The molecular weight excluding hydrogens is 144 g/mol. The van der Waals surface area contributed by atoms with Gasteiger partial charge in [0.2, 0.25) is 0 Å². The van der Waals surface area contributed by atoms with Gasteiger partial charge in [0.05, 0.1) is 11.4 Å². The summed E-state index contributed by atoms with van der Waals surface area (Å²) < 4.78 is 0. The summed E-state index contributed by atoms with van der Waals surface area (Å²) in [6.45, 7) is 3.76. The largest absolute Gasteiger partial charge is 0.411 e. The molecule has 4 heteroatoms. The van der Waals surface area contributed by atoms with E-state index < -0.39 is 0 Å². The maximum absolute atomic E-state index is 8.57. The Labute approximate surface area is 65.2 Å². The Morgan fingerprint density at radius 2 is 1.45 bits per heavy atom. The van der Waals surface area contributed by atoms with Crippen molar-refractivity contribution in [2.75, 3.05) is 0 Å². The van der Waals surface area contributed by atoms with Crippen molar-refractivity contribution in [3.63, 3.8) is 0 Å². The predicted octanol–water partition coefficient (Wildman–Crippen LogP) is 1.47. The zero-order chi connectivity index (χ0) is 8.48. The highest BCUT2D eigenvalue weighted by Crippen LogP contribution is 2.31. The first kappa shape index (κ1) is 8.04. The van der Waals surface area contributed by atoms with Crippen LogP contribution in [-0.4, -0.2) is 21.8 Å². The highest BCUT2D eigenvalue weighted by Gasteiger charge is 2.38. The SMILES string of the molecule is CC1(C)/C(=N\O)CC/C1=N/O. The molecule has 0 aliphatic heterocycles. The van der Waals surface area contributed by atoms with Crippen molar-refractivity contribution in [2.45, 2.75) is 26.7 Å². The summed E-state index contributed by atoms with van der Waals surface area (Å²) in [6.07, 6.45) is 1.37. The molecule has 0 unspecified atom stereocenters. The molecular formula is C7H12N2O2. The zero-order valence-electron chi connectivity index (χ0n) is 6.70. The first-order valence-electron chi connectivity index (χ1n) is 3.55. The van der Waals surface area contributed by atoms with Gasteiger partial charge in [0.15, 0.2) is 0 Å². The van der Waals surface area contributed by atoms with E-state index in [1.165, 1.54) is 0 Å². The Morgan fingerprint density at radius 1 is 1.09 bits per heavy atom. The fourth-order valence-electron chi connectivity index (χ4n) is 1.38. The van der Waals surface area contributed by atoms with E-state index in [-0.39, 0.29) is 5.41 Å². The van der Waals surface area contributed by atoms with Gasteiger partial charge in [-0.2, -0.15) is 0 Å². The first-order chi connectivity index (χ1) is 5.12. The van der Waals surface area contributed by atoms with Gasteiger partial charge < -0.3 is 10.4 Å². The van der Waals surface area contributed by atoms with Crippen molar-refractivity contribution in [3.05, 3.63) is 0 Å². The van der Waals surface area contributed by atoms with Gasteiger partial charge in [-0.15, -0.1) is 0 Å². The van der Waals surface area contributed by atoms with Gasteiger partial charge in [-0.1, -0.05) is 10.3 Å². The maximum Gasteiger partial charge on any atom is 0.0688 e. The molecule has 0 aromatic heterocycles. The van der Waals surface area contributed by atoms with E-state index in [4.69, 9.17) is 10.4 Å². The van der Waals surface area contributed by atoms with Crippen LogP contribution in [0.4, 0.5) is 0 Å². The van der Waals surface area contributed by atoms with Crippen molar-refractivity contribution in [1.82, 2.24) is 0 Å². The monoisotopic (exact) mass is 156 g/mol. The van der Waals surface area contributed by atoms with Gasteiger partial charge in [0, 0.05) is 5.41 Å². The van der Waals surface area contributed by atoms with Crippen LogP contribution in [0.25, 0.3) is 0 Å². The highest BCUT2D eigenvalue weighted by atomic mass is 16.4. The van der Waals surface area contributed by atoms with Crippen molar-refractivity contribution < 1.29 is 10.4 Å². The van der Waals surface area contributed by atoms with Crippen LogP contribution >= 0.6 is 0 Å². The minimum atomic E-state index is -0.372. The van der Waals surface area contributed by atoms with Gasteiger partial charge in [-0.3, -0.25) is 0 Å². The molecule has 62 valence electrons. The van der Waals surface area contributed by atoms with Crippen LogP contribution in [0.15, 0.2) is 10.3 Å². The molecule has 0 aromatic rings. The van der Waals surface area contributed by atoms with Crippen LogP contribution in [0.1, 0.15) is 26.7 Å². The molecule has 11 heavy (non-hydrogen) atoms. The summed E-state index contributed by atoms with van der Waals surface area (Å²) in [4.78, 5) is 0. The lowest BCUT2D eigenvalue weighted by Crippen LogP contribution is -2.25. The number of hydrogen-bond acceptors (Lipinski definition) is 4. The summed E-state index contributed by atoms with van der Waals surface area (Å²) >= 11 is 0. The number of rotatable bonds is 0. The number of hydrogen-bond donors (Lipinski definition) is 2. The summed E-state index contributed by atoms with van der Waals surface area (Å²) in [5.74, 6) is 0. The average Bonchev–Trinajstić information content (AvgIpc) is 2.24. The van der Waals surface area contributed by atoms with E-state index in [1.807, 2.05) is 13.8 Å². The Balaban J connectivity index is 2.99. The van der Waals surface area contributed by atoms with E-state index in [2.05, 4.69) is 10.3 Å². The molecule has 2 N–H and O–H groups in total. The van der Waals surface area contributed by atoms with Gasteiger partial charge >= 0.3 is 0 Å². The maximum atomic E-state index is 8.57. The molecule has 1 aliphatic rings. The fraction of sp³-hybridized carbons (Fsp3) is 0.714. The van der Waals surface area contributed by atoms with Crippen molar-refractivity contribution in [2.24, 2.45) is 15.7 Å². The molecule has 0 spiro atoms. The standard InChI is InChI=1S/C7H12N2O2/c1-7(2)5(8-10)3-4-6(7)9-11/h10-11H,3-4H2,1-2H3/b8-5-,9-6-. The smallest absolute Gasteiger partial charge is 0.0688 e. The molecule has 1 fully saturated rings. The van der Waals surface area contributed by atoms with E-state index in [1.54, 1.807) is 0 Å². The highest BCUT2D eigenvalue weighted by molar-refractivity contribution is 6.16. The second kappa shape index (κ2) is 2.53. The van der Waals surface area contributed by atoms with Crippen molar-refractivity contribution >= 4 is 11.4 Å².